The summed E-state index contributed by atoms with van der Waals surface area (Å²) >= 11 is 5.71. The number of carbonyl (C=O) groups excluding carboxylic acids is 1. The number of hydrogen-bond donors (Lipinski definition) is 2. The normalized spacial score (nSPS) is 18.9. The summed E-state index contributed by atoms with van der Waals surface area (Å²) in [4.78, 5) is 16.0. The number of benzene rings is 2. The van der Waals surface area contributed by atoms with Crippen molar-refractivity contribution in [2.75, 3.05) is 0 Å². The first-order valence-corrected chi connectivity index (χ1v) is 7.40. The van der Waals surface area contributed by atoms with E-state index in [1.165, 1.54) is 24.4 Å². The standard InChI is InChI=1S/C17H13ClFN3O2/c18-12-4-7-15(14(19)10-12)24-13-5-2-11(3-6-13)17(16(20)23)21-8-1-9-22-17/h1-10,21H,(H2,20,23). The summed E-state index contributed by atoms with van der Waals surface area (Å²) in [6.45, 7) is 0. The Kier molecular flexibility index (Phi) is 4.22. The lowest BCUT2D eigenvalue weighted by Gasteiger charge is -2.29. The van der Waals surface area contributed by atoms with Crippen LogP contribution in [0.25, 0.3) is 0 Å². The zero-order valence-electron chi connectivity index (χ0n) is 12.4. The van der Waals surface area contributed by atoms with Crippen molar-refractivity contribution in [3.05, 3.63) is 71.1 Å². The predicted molar refractivity (Wildman–Crippen MR) is 89.6 cm³/mol. The van der Waals surface area contributed by atoms with Gasteiger partial charge in [-0.2, -0.15) is 0 Å². The molecule has 2 aromatic rings. The quantitative estimate of drug-likeness (QED) is 0.894. The molecular weight excluding hydrogens is 333 g/mol. The SMILES string of the molecule is NC(=O)C1(c2ccc(Oc3ccc(Cl)cc3F)cc2)N=CC=CN1. The van der Waals surface area contributed by atoms with E-state index in [2.05, 4.69) is 10.3 Å². The number of nitrogens with two attached hydrogens (primary N) is 1. The van der Waals surface area contributed by atoms with Gasteiger partial charge >= 0.3 is 0 Å². The van der Waals surface area contributed by atoms with Crippen LogP contribution < -0.4 is 15.8 Å². The molecule has 122 valence electrons. The van der Waals surface area contributed by atoms with Crippen LogP contribution in [-0.4, -0.2) is 12.1 Å². The van der Waals surface area contributed by atoms with E-state index in [9.17, 15) is 9.18 Å². The zero-order valence-corrected chi connectivity index (χ0v) is 13.1. The van der Waals surface area contributed by atoms with Crippen molar-refractivity contribution in [2.24, 2.45) is 10.7 Å². The van der Waals surface area contributed by atoms with Gasteiger partial charge in [0.1, 0.15) is 5.75 Å². The van der Waals surface area contributed by atoms with Gasteiger partial charge in [-0.25, -0.2) is 4.39 Å². The van der Waals surface area contributed by atoms with Gasteiger partial charge < -0.3 is 15.8 Å². The Bertz CT molecular complexity index is 836. The Hall–Kier alpha value is -2.86. The molecule has 0 radical (unpaired) electrons. The topological polar surface area (TPSA) is 76.7 Å². The fourth-order valence-corrected chi connectivity index (χ4v) is 2.45. The molecule has 0 spiro atoms. The number of hydrogen-bond acceptors (Lipinski definition) is 4. The minimum atomic E-state index is -1.36. The highest BCUT2D eigenvalue weighted by molar-refractivity contribution is 6.30. The Morgan fingerprint density at radius 3 is 2.58 bits per heavy atom. The second-order valence-electron chi connectivity index (χ2n) is 5.06. The minimum Gasteiger partial charge on any atom is -0.454 e. The maximum Gasteiger partial charge on any atom is 0.270 e. The third kappa shape index (κ3) is 2.96. The molecule has 0 saturated heterocycles. The van der Waals surface area contributed by atoms with Gasteiger partial charge in [0.15, 0.2) is 11.6 Å². The number of primary amides is 1. The predicted octanol–water partition coefficient (Wildman–Crippen LogP) is 3.10. The van der Waals surface area contributed by atoms with E-state index in [1.807, 2.05) is 0 Å². The van der Waals surface area contributed by atoms with E-state index in [-0.39, 0.29) is 10.8 Å². The van der Waals surface area contributed by atoms with E-state index in [1.54, 1.807) is 36.5 Å². The van der Waals surface area contributed by atoms with Crippen molar-refractivity contribution < 1.29 is 13.9 Å². The summed E-state index contributed by atoms with van der Waals surface area (Å²) in [5.74, 6) is -0.757. The van der Waals surface area contributed by atoms with E-state index in [4.69, 9.17) is 22.1 Å². The van der Waals surface area contributed by atoms with E-state index in [0.717, 1.165) is 0 Å². The van der Waals surface area contributed by atoms with Crippen LogP contribution in [0.3, 0.4) is 0 Å². The zero-order chi connectivity index (χ0) is 17.2. The highest BCUT2D eigenvalue weighted by Crippen LogP contribution is 2.30. The number of halogens is 2. The van der Waals surface area contributed by atoms with Crippen molar-refractivity contribution in [1.82, 2.24) is 5.32 Å². The van der Waals surface area contributed by atoms with Crippen LogP contribution >= 0.6 is 11.6 Å². The lowest BCUT2D eigenvalue weighted by molar-refractivity contribution is -0.124. The van der Waals surface area contributed by atoms with Crippen LogP contribution in [0.2, 0.25) is 5.02 Å². The second kappa shape index (κ2) is 6.33. The van der Waals surface area contributed by atoms with Crippen LogP contribution in [0.15, 0.2) is 59.7 Å². The van der Waals surface area contributed by atoms with Gasteiger partial charge in [0.2, 0.25) is 5.66 Å². The molecule has 7 heteroatoms. The van der Waals surface area contributed by atoms with Gasteiger partial charge in [-0.15, -0.1) is 0 Å². The molecule has 1 amide bonds. The number of nitrogens with one attached hydrogen (secondary N) is 1. The monoisotopic (exact) mass is 345 g/mol. The fraction of sp³-hybridized carbons (Fsp3) is 0.0588. The van der Waals surface area contributed by atoms with Crippen LogP contribution in [0.4, 0.5) is 4.39 Å². The molecule has 0 aromatic heterocycles. The Balaban J connectivity index is 1.86. The molecule has 24 heavy (non-hydrogen) atoms. The molecule has 3 N–H and O–H groups in total. The van der Waals surface area contributed by atoms with Crippen LogP contribution in [-0.2, 0) is 10.5 Å². The molecule has 0 saturated carbocycles. The Morgan fingerprint density at radius 1 is 1.25 bits per heavy atom. The molecule has 0 aliphatic carbocycles. The summed E-state index contributed by atoms with van der Waals surface area (Å²) in [7, 11) is 0. The van der Waals surface area contributed by atoms with E-state index in [0.29, 0.717) is 11.3 Å². The third-order valence-electron chi connectivity index (χ3n) is 3.49. The van der Waals surface area contributed by atoms with Crippen LogP contribution in [0, 0.1) is 5.82 Å². The summed E-state index contributed by atoms with van der Waals surface area (Å²) in [5.41, 5.74) is 4.67. The van der Waals surface area contributed by atoms with Crippen molar-refractivity contribution in [3.63, 3.8) is 0 Å². The number of carbonyl (C=O) groups is 1. The van der Waals surface area contributed by atoms with Crippen molar-refractivity contribution in [1.29, 1.82) is 0 Å². The minimum absolute atomic E-state index is 0.0495. The fourth-order valence-electron chi connectivity index (χ4n) is 2.29. The molecule has 5 nitrogen and oxygen atoms in total. The Labute approximate surface area is 142 Å². The average Bonchev–Trinajstić information content (AvgIpc) is 2.58. The van der Waals surface area contributed by atoms with Crippen LogP contribution in [0.1, 0.15) is 5.56 Å². The van der Waals surface area contributed by atoms with Gasteiger partial charge in [-0.3, -0.25) is 9.79 Å². The van der Waals surface area contributed by atoms with E-state index < -0.39 is 17.4 Å². The summed E-state index contributed by atoms with van der Waals surface area (Å²) in [6.07, 6.45) is 4.74. The molecule has 1 heterocycles. The molecular formula is C17H13ClFN3O2. The van der Waals surface area contributed by atoms with Crippen molar-refractivity contribution >= 4 is 23.7 Å². The van der Waals surface area contributed by atoms with Gasteiger partial charge in [0.25, 0.3) is 5.91 Å². The molecule has 3 rings (SSSR count). The number of amides is 1. The summed E-state index contributed by atoms with van der Waals surface area (Å²) in [6, 6.07) is 10.6. The number of nitrogens with zero attached hydrogens (tertiary/aromatic N) is 1. The largest absolute Gasteiger partial charge is 0.454 e. The maximum absolute atomic E-state index is 13.8. The van der Waals surface area contributed by atoms with Crippen molar-refractivity contribution in [2.45, 2.75) is 5.66 Å². The van der Waals surface area contributed by atoms with Gasteiger partial charge in [0.05, 0.1) is 0 Å². The smallest absolute Gasteiger partial charge is 0.270 e. The lowest BCUT2D eigenvalue weighted by atomic mass is 9.98. The third-order valence-corrected chi connectivity index (χ3v) is 3.73. The summed E-state index contributed by atoms with van der Waals surface area (Å²) < 4.78 is 19.2. The second-order valence-corrected chi connectivity index (χ2v) is 5.49. The molecule has 1 unspecified atom stereocenters. The average molecular weight is 346 g/mol. The van der Waals surface area contributed by atoms with Gasteiger partial charge in [-0.05, 0) is 36.4 Å². The lowest BCUT2D eigenvalue weighted by Crippen LogP contribution is -2.50. The highest BCUT2D eigenvalue weighted by atomic mass is 35.5. The van der Waals surface area contributed by atoms with Crippen molar-refractivity contribution in [3.8, 4) is 11.5 Å². The number of rotatable bonds is 4. The molecule has 2 aromatic carbocycles. The number of aliphatic imine (C=N–C) groups is 1. The first-order valence-electron chi connectivity index (χ1n) is 7.03. The first-order chi connectivity index (χ1) is 11.5. The molecule has 1 aliphatic heterocycles. The highest BCUT2D eigenvalue weighted by Gasteiger charge is 2.37. The van der Waals surface area contributed by atoms with Gasteiger partial charge in [0, 0.05) is 23.0 Å². The maximum atomic E-state index is 13.8. The van der Waals surface area contributed by atoms with Gasteiger partial charge in [-0.1, -0.05) is 23.7 Å². The van der Waals surface area contributed by atoms with Crippen LogP contribution in [0.5, 0.6) is 11.5 Å². The molecule has 0 fully saturated rings. The summed E-state index contributed by atoms with van der Waals surface area (Å²) in [5, 5.41) is 3.15. The number of ether oxygens (including phenoxy) is 1. The molecule has 1 atom stereocenters. The molecule has 0 bridgehead atoms. The number of allylic oxidation sites excluding steroid dienone is 1. The first kappa shape index (κ1) is 16.0. The van der Waals surface area contributed by atoms with E-state index >= 15 is 0 Å². The molecule has 1 aliphatic rings. The Morgan fingerprint density at radius 2 is 2.00 bits per heavy atom.